The molecule has 0 radical (unpaired) electrons. The molecule has 6 heteroatoms. The molecule has 0 aromatic heterocycles. The molecule has 0 saturated heterocycles. The van der Waals surface area contributed by atoms with Gasteiger partial charge in [-0.15, -0.1) is 12.4 Å². The zero-order valence-corrected chi connectivity index (χ0v) is 11.9. The maximum absolute atomic E-state index is 11.5. The highest BCUT2D eigenvalue weighted by Gasteiger charge is 2.29. The normalized spacial score (nSPS) is 14.6. The second kappa shape index (κ2) is 7.59. The molecule has 5 nitrogen and oxygen atoms in total. The van der Waals surface area contributed by atoms with Crippen LogP contribution in [0.5, 0.6) is 0 Å². The maximum atomic E-state index is 11.5. The van der Waals surface area contributed by atoms with Crippen LogP contribution in [0.25, 0.3) is 0 Å². The Kier molecular flexibility index (Phi) is 7.25. The lowest BCUT2D eigenvalue weighted by molar-refractivity contribution is -0.124. The van der Waals surface area contributed by atoms with Gasteiger partial charge in [-0.05, 0) is 33.1 Å². The Bertz CT molecular complexity index is 291. The van der Waals surface area contributed by atoms with Gasteiger partial charge in [-0.3, -0.25) is 9.59 Å². The van der Waals surface area contributed by atoms with Gasteiger partial charge >= 0.3 is 0 Å². The molecule has 1 fully saturated rings. The van der Waals surface area contributed by atoms with E-state index in [2.05, 4.69) is 10.6 Å². The Labute approximate surface area is 115 Å². The molecule has 0 aromatic carbocycles. The summed E-state index contributed by atoms with van der Waals surface area (Å²) in [7, 11) is 0. The number of hydrogen-bond donors (Lipinski definition) is 3. The van der Waals surface area contributed by atoms with Crippen molar-refractivity contribution in [2.24, 2.45) is 11.7 Å². The summed E-state index contributed by atoms with van der Waals surface area (Å²) in [5, 5.41) is 5.69. The number of rotatable bonds is 7. The lowest BCUT2D eigenvalue weighted by Crippen LogP contribution is -2.48. The summed E-state index contributed by atoms with van der Waals surface area (Å²) in [4.78, 5) is 22.8. The van der Waals surface area contributed by atoms with Crippen molar-refractivity contribution in [3.05, 3.63) is 0 Å². The molecule has 1 saturated carbocycles. The lowest BCUT2D eigenvalue weighted by Gasteiger charge is -2.24. The van der Waals surface area contributed by atoms with Crippen molar-refractivity contribution >= 4 is 24.2 Å². The van der Waals surface area contributed by atoms with Crippen LogP contribution in [0.2, 0.25) is 0 Å². The van der Waals surface area contributed by atoms with Crippen molar-refractivity contribution in [3.63, 3.8) is 0 Å². The molecule has 0 unspecified atom stereocenters. The number of halogens is 1. The van der Waals surface area contributed by atoms with Gasteiger partial charge in [0, 0.05) is 31.0 Å². The van der Waals surface area contributed by atoms with Gasteiger partial charge in [0.05, 0.1) is 0 Å². The van der Waals surface area contributed by atoms with Crippen LogP contribution >= 0.6 is 12.4 Å². The van der Waals surface area contributed by atoms with Crippen LogP contribution in [-0.2, 0) is 9.59 Å². The summed E-state index contributed by atoms with van der Waals surface area (Å²) in [5.74, 6) is 0.355. The van der Waals surface area contributed by atoms with Gasteiger partial charge in [0.2, 0.25) is 11.8 Å². The highest BCUT2D eigenvalue weighted by Crippen LogP contribution is 2.28. The monoisotopic (exact) mass is 277 g/mol. The molecule has 2 amide bonds. The molecule has 4 N–H and O–H groups in total. The van der Waals surface area contributed by atoms with E-state index in [1.165, 1.54) is 0 Å². The lowest BCUT2D eigenvalue weighted by atomic mass is 10.1. The average Bonchev–Trinajstić information content (AvgIpc) is 3.07. The van der Waals surface area contributed by atoms with Crippen molar-refractivity contribution in [2.45, 2.75) is 45.1 Å². The van der Waals surface area contributed by atoms with E-state index < -0.39 is 0 Å². The number of nitrogens with two attached hydrogens (primary N) is 1. The fourth-order valence-corrected chi connectivity index (χ4v) is 1.44. The van der Waals surface area contributed by atoms with Crippen molar-refractivity contribution in [1.82, 2.24) is 10.6 Å². The highest BCUT2D eigenvalue weighted by molar-refractivity contribution is 5.85. The summed E-state index contributed by atoms with van der Waals surface area (Å²) in [6, 6.07) is 0. The minimum absolute atomic E-state index is 0. The molecule has 0 aliphatic heterocycles. The van der Waals surface area contributed by atoms with Crippen LogP contribution in [-0.4, -0.2) is 30.4 Å². The fourth-order valence-electron chi connectivity index (χ4n) is 1.44. The maximum Gasteiger partial charge on any atom is 0.223 e. The second-order valence-corrected chi connectivity index (χ2v) is 5.31. The predicted molar refractivity (Wildman–Crippen MR) is 73.5 cm³/mol. The van der Waals surface area contributed by atoms with Gasteiger partial charge in [-0.25, -0.2) is 0 Å². The summed E-state index contributed by atoms with van der Waals surface area (Å²) < 4.78 is 0. The fraction of sp³-hybridized carbons (Fsp3) is 0.833. The molecular weight excluding hydrogens is 254 g/mol. The van der Waals surface area contributed by atoms with Gasteiger partial charge < -0.3 is 16.4 Å². The summed E-state index contributed by atoms with van der Waals surface area (Å²) in [5.41, 5.74) is 5.16. The van der Waals surface area contributed by atoms with Crippen LogP contribution in [0.15, 0.2) is 0 Å². The van der Waals surface area contributed by atoms with E-state index in [0.717, 1.165) is 12.8 Å². The van der Waals surface area contributed by atoms with Gasteiger partial charge in [-0.1, -0.05) is 0 Å². The average molecular weight is 278 g/mol. The molecule has 1 aliphatic rings. The third-order valence-corrected chi connectivity index (χ3v) is 2.82. The van der Waals surface area contributed by atoms with Crippen LogP contribution in [0.1, 0.15) is 39.5 Å². The number of amides is 2. The minimum atomic E-state index is -0.353. The van der Waals surface area contributed by atoms with Crippen molar-refractivity contribution in [1.29, 1.82) is 0 Å². The molecule has 0 spiro atoms. The first-order valence-corrected chi connectivity index (χ1v) is 6.23. The summed E-state index contributed by atoms with van der Waals surface area (Å²) in [6.07, 6.45) is 3.12. The van der Waals surface area contributed by atoms with Crippen LogP contribution in [0.4, 0.5) is 0 Å². The van der Waals surface area contributed by atoms with Gasteiger partial charge in [0.25, 0.3) is 0 Å². The number of carbonyl (C=O) groups excluding carboxylic acids is 2. The van der Waals surface area contributed by atoms with E-state index in [4.69, 9.17) is 5.73 Å². The Balaban J connectivity index is 0.00000289. The van der Waals surface area contributed by atoms with Crippen molar-refractivity contribution in [2.75, 3.05) is 13.1 Å². The van der Waals surface area contributed by atoms with E-state index >= 15 is 0 Å². The number of nitrogens with one attached hydrogen (secondary N) is 2. The van der Waals surface area contributed by atoms with E-state index in [1.807, 2.05) is 13.8 Å². The topological polar surface area (TPSA) is 84.2 Å². The van der Waals surface area contributed by atoms with Crippen LogP contribution < -0.4 is 16.4 Å². The molecule has 0 aromatic rings. The zero-order chi connectivity index (χ0) is 12.9. The predicted octanol–water partition coefficient (Wildman–Crippen LogP) is 0.568. The first-order valence-electron chi connectivity index (χ1n) is 6.23. The van der Waals surface area contributed by atoms with Crippen molar-refractivity contribution in [3.8, 4) is 0 Å². The molecule has 0 bridgehead atoms. The third-order valence-electron chi connectivity index (χ3n) is 2.82. The zero-order valence-electron chi connectivity index (χ0n) is 11.1. The Morgan fingerprint density at radius 1 is 1.33 bits per heavy atom. The summed E-state index contributed by atoms with van der Waals surface area (Å²) in [6.45, 7) is 4.77. The molecule has 0 heterocycles. The molecule has 18 heavy (non-hydrogen) atoms. The van der Waals surface area contributed by atoms with Crippen LogP contribution in [0.3, 0.4) is 0 Å². The van der Waals surface area contributed by atoms with Gasteiger partial charge in [0.1, 0.15) is 0 Å². The molecule has 0 atom stereocenters. The first-order chi connectivity index (χ1) is 7.94. The van der Waals surface area contributed by atoms with Crippen LogP contribution in [0, 0.1) is 5.92 Å². The number of carbonyl (C=O) groups is 2. The molecule has 1 aliphatic carbocycles. The molecule has 1 rings (SSSR count). The minimum Gasteiger partial charge on any atom is -0.356 e. The van der Waals surface area contributed by atoms with E-state index in [1.54, 1.807) is 0 Å². The quantitative estimate of drug-likeness (QED) is 0.595. The van der Waals surface area contributed by atoms with E-state index in [-0.39, 0.29) is 35.7 Å². The van der Waals surface area contributed by atoms with Gasteiger partial charge in [0.15, 0.2) is 0 Å². The van der Waals surface area contributed by atoms with E-state index in [0.29, 0.717) is 25.9 Å². The Morgan fingerprint density at radius 3 is 2.44 bits per heavy atom. The van der Waals surface area contributed by atoms with Gasteiger partial charge in [-0.2, -0.15) is 0 Å². The SMILES string of the molecule is CC(C)(CN)NC(=O)CCCNC(=O)C1CC1.Cl. The molecule has 106 valence electrons. The standard InChI is InChI=1S/C12H23N3O2.ClH/c1-12(2,8-13)15-10(16)4-3-7-14-11(17)9-5-6-9;/h9H,3-8,13H2,1-2H3,(H,14,17)(H,15,16);1H. The smallest absolute Gasteiger partial charge is 0.223 e. The second-order valence-electron chi connectivity index (χ2n) is 5.31. The number of hydrogen-bond acceptors (Lipinski definition) is 3. The van der Waals surface area contributed by atoms with Crippen molar-refractivity contribution < 1.29 is 9.59 Å². The van der Waals surface area contributed by atoms with E-state index in [9.17, 15) is 9.59 Å². The largest absolute Gasteiger partial charge is 0.356 e. The third kappa shape index (κ3) is 6.81. The summed E-state index contributed by atoms with van der Waals surface area (Å²) >= 11 is 0. The Morgan fingerprint density at radius 2 is 1.94 bits per heavy atom. The first kappa shape index (κ1) is 17.2. The molecular formula is C12H24ClN3O2. The Hall–Kier alpha value is -0.810. The highest BCUT2D eigenvalue weighted by atomic mass is 35.5.